The molecule has 1 amide bonds. The first kappa shape index (κ1) is 14.7. The lowest BCUT2D eigenvalue weighted by Crippen LogP contribution is -2.23. The van der Waals surface area contributed by atoms with Crippen molar-refractivity contribution in [1.82, 2.24) is 15.3 Å². The number of carbonyl (C=O) groups excluding carboxylic acids is 1. The highest BCUT2D eigenvalue weighted by Gasteiger charge is 2.07. The quantitative estimate of drug-likeness (QED) is 0.760. The highest BCUT2D eigenvalue weighted by atomic mass is 16.1. The minimum absolute atomic E-state index is 0.161. The molecular formula is C18H16N4O. The molecule has 0 aliphatic heterocycles. The fourth-order valence-electron chi connectivity index (χ4n) is 2.11. The highest BCUT2D eigenvalue weighted by Crippen LogP contribution is 2.16. The number of nitrogens with zero attached hydrogens (tertiary/aromatic N) is 2. The Morgan fingerprint density at radius 2 is 1.70 bits per heavy atom. The number of amides is 1. The van der Waals surface area contributed by atoms with E-state index < -0.39 is 0 Å². The van der Waals surface area contributed by atoms with E-state index in [-0.39, 0.29) is 5.91 Å². The van der Waals surface area contributed by atoms with Crippen LogP contribution in [0.5, 0.6) is 0 Å². The number of carbonyl (C=O) groups is 1. The Hall–Kier alpha value is -3.21. The van der Waals surface area contributed by atoms with Gasteiger partial charge in [-0.1, -0.05) is 18.2 Å². The molecule has 0 saturated heterocycles. The molecule has 0 spiro atoms. The SMILES string of the molecule is O=C(NCc1ccncc1)c1cncc(Nc2ccccc2)c1. The molecule has 0 unspecified atom stereocenters. The van der Waals surface area contributed by atoms with Gasteiger partial charge in [0.25, 0.3) is 5.91 Å². The van der Waals surface area contributed by atoms with E-state index in [1.54, 1.807) is 30.9 Å². The van der Waals surface area contributed by atoms with Gasteiger partial charge in [-0.25, -0.2) is 0 Å². The summed E-state index contributed by atoms with van der Waals surface area (Å²) in [5.41, 5.74) is 3.23. The van der Waals surface area contributed by atoms with Crippen LogP contribution in [0.3, 0.4) is 0 Å². The molecule has 0 atom stereocenters. The van der Waals surface area contributed by atoms with Crippen molar-refractivity contribution in [3.63, 3.8) is 0 Å². The second-order valence-electron chi connectivity index (χ2n) is 4.99. The zero-order valence-corrected chi connectivity index (χ0v) is 12.4. The molecule has 0 bridgehead atoms. The van der Waals surface area contributed by atoms with Crippen LogP contribution in [0.15, 0.2) is 73.3 Å². The van der Waals surface area contributed by atoms with Crippen molar-refractivity contribution in [2.75, 3.05) is 5.32 Å². The lowest BCUT2D eigenvalue weighted by atomic mass is 10.2. The minimum Gasteiger partial charge on any atom is -0.354 e. The molecule has 2 heterocycles. The third kappa shape index (κ3) is 4.14. The number of hydrogen-bond acceptors (Lipinski definition) is 4. The van der Waals surface area contributed by atoms with Crippen LogP contribution in [0.1, 0.15) is 15.9 Å². The molecule has 3 rings (SSSR count). The van der Waals surface area contributed by atoms with Crippen molar-refractivity contribution < 1.29 is 4.79 Å². The summed E-state index contributed by atoms with van der Waals surface area (Å²) in [6, 6.07) is 15.3. The van der Waals surface area contributed by atoms with E-state index in [4.69, 9.17) is 0 Å². The summed E-state index contributed by atoms with van der Waals surface area (Å²) in [5.74, 6) is -0.161. The first-order chi connectivity index (χ1) is 11.3. The van der Waals surface area contributed by atoms with Crippen LogP contribution in [0.2, 0.25) is 0 Å². The van der Waals surface area contributed by atoms with Crippen molar-refractivity contribution in [2.45, 2.75) is 6.54 Å². The number of benzene rings is 1. The fourth-order valence-corrected chi connectivity index (χ4v) is 2.11. The number of aromatic nitrogens is 2. The average Bonchev–Trinajstić information content (AvgIpc) is 2.62. The number of pyridine rings is 2. The van der Waals surface area contributed by atoms with E-state index in [1.807, 2.05) is 42.5 Å². The van der Waals surface area contributed by atoms with Crippen LogP contribution < -0.4 is 10.6 Å². The summed E-state index contributed by atoms with van der Waals surface area (Å²) in [6.07, 6.45) is 6.64. The minimum atomic E-state index is -0.161. The molecular weight excluding hydrogens is 288 g/mol. The summed E-state index contributed by atoms with van der Waals surface area (Å²) in [4.78, 5) is 20.3. The summed E-state index contributed by atoms with van der Waals surface area (Å²) in [5, 5.41) is 6.09. The molecule has 5 nitrogen and oxygen atoms in total. The van der Waals surface area contributed by atoms with Gasteiger partial charge in [-0.15, -0.1) is 0 Å². The van der Waals surface area contributed by atoms with Gasteiger partial charge in [0.05, 0.1) is 17.4 Å². The van der Waals surface area contributed by atoms with Gasteiger partial charge >= 0.3 is 0 Å². The highest BCUT2D eigenvalue weighted by molar-refractivity contribution is 5.94. The zero-order valence-electron chi connectivity index (χ0n) is 12.4. The lowest BCUT2D eigenvalue weighted by molar-refractivity contribution is 0.0950. The van der Waals surface area contributed by atoms with Crippen molar-refractivity contribution in [3.05, 3.63) is 84.4 Å². The molecule has 5 heteroatoms. The predicted molar refractivity (Wildman–Crippen MR) is 89.4 cm³/mol. The molecule has 3 aromatic rings. The van der Waals surface area contributed by atoms with E-state index in [1.165, 1.54) is 0 Å². The first-order valence-electron chi connectivity index (χ1n) is 7.25. The Balaban J connectivity index is 1.65. The molecule has 2 N–H and O–H groups in total. The average molecular weight is 304 g/mol. The van der Waals surface area contributed by atoms with E-state index in [0.29, 0.717) is 12.1 Å². The van der Waals surface area contributed by atoms with E-state index in [2.05, 4.69) is 20.6 Å². The Bertz CT molecular complexity index is 775. The Kier molecular flexibility index (Phi) is 4.59. The van der Waals surface area contributed by atoms with Crippen LogP contribution in [0, 0.1) is 0 Å². The molecule has 0 saturated carbocycles. The van der Waals surface area contributed by atoms with Crippen molar-refractivity contribution >= 4 is 17.3 Å². The summed E-state index contributed by atoms with van der Waals surface area (Å²) >= 11 is 0. The molecule has 0 aliphatic carbocycles. The lowest BCUT2D eigenvalue weighted by Gasteiger charge is -2.08. The smallest absolute Gasteiger partial charge is 0.253 e. The molecule has 2 aromatic heterocycles. The topological polar surface area (TPSA) is 66.9 Å². The third-order valence-corrected chi connectivity index (χ3v) is 3.27. The van der Waals surface area contributed by atoms with Gasteiger partial charge in [-0.3, -0.25) is 14.8 Å². The largest absolute Gasteiger partial charge is 0.354 e. The zero-order chi connectivity index (χ0) is 15.9. The van der Waals surface area contributed by atoms with Gasteiger partial charge < -0.3 is 10.6 Å². The van der Waals surface area contributed by atoms with Gasteiger partial charge in [0, 0.05) is 30.8 Å². The van der Waals surface area contributed by atoms with Crippen molar-refractivity contribution in [1.29, 1.82) is 0 Å². The van der Waals surface area contributed by atoms with E-state index in [9.17, 15) is 4.79 Å². The number of para-hydroxylation sites is 1. The van der Waals surface area contributed by atoms with Crippen LogP contribution in [-0.2, 0) is 6.54 Å². The predicted octanol–water partition coefficient (Wildman–Crippen LogP) is 3.15. The second-order valence-corrected chi connectivity index (χ2v) is 4.99. The summed E-state index contributed by atoms with van der Waals surface area (Å²) < 4.78 is 0. The normalized spacial score (nSPS) is 10.1. The summed E-state index contributed by atoms with van der Waals surface area (Å²) in [6.45, 7) is 0.456. The fraction of sp³-hybridized carbons (Fsp3) is 0.0556. The van der Waals surface area contributed by atoms with Crippen LogP contribution in [0.25, 0.3) is 0 Å². The third-order valence-electron chi connectivity index (χ3n) is 3.27. The maximum atomic E-state index is 12.2. The van der Waals surface area contributed by atoms with Gasteiger partial charge in [-0.05, 0) is 35.9 Å². The standard InChI is InChI=1S/C18H16N4O/c23-18(21-11-14-6-8-19-9-7-14)15-10-17(13-20-12-15)22-16-4-2-1-3-5-16/h1-10,12-13,22H,11H2,(H,21,23). The monoisotopic (exact) mass is 304 g/mol. The van der Waals surface area contributed by atoms with E-state index in [0.717, 1.165) is 16.9 Å². The Morgan fingerprint density at radius 1 is 0.913 bits per heavy atom. The number of anilines is 2. The van der Waals surface area contributed by atoms with Gasteiger partial charge in [0.2, 0.25) is 0 Å². The first-order valence-corrected chi connectivity index (χ1v) is 7.25. The molecule has 1 aromatic carbocycles. The van der Waals surface area contributed by atoms with Crippen molar-refractivity contribution in [3.8, 4) is 0 Å². The number of rotatable bonds is 5. The van der Waals surface area contributed by atoms with Gasteiger partial charge in [0.1, 0.15) is 0 Å². The van der Waals surface area contributed by atoms with Crippen molar-refractivity contribution in [2.24, 2.45) is 0 Å². The molecule has 23 heavy (non-hydrogen) atoms. The maximum Gasteiger partial charge on any atom is 0.253 e. The van der Waals surface area contributed by atoms with Gasteiger partial charge in [0.15, 0.2) is 0 Å². The summed E-state index contributed by atoms with van der Waals surface area (Å²) in [7, 11) is 0. The Morgan fingerprint density at radius 3 is 2.48 bits per heavy atom. The molecule has 0 aliphatic rings. The number of hydrogen-bond donors (Lipinski definition) is 2. The van der Waals surface area contributed by atoms with Gasteiger partial charge in [-0.2, -0.15) is 0 Å². The van der Waals surface area contributed by atoms with Crippen LogP contribution in [-0.4, -0.2) is 15.9 Å². The second kappa shape index (κ2) is 7.17. The van der Waals surface area contributed by atoms with Crippen LogP contribution >= 0.6 is 0 Å². The Labute approximate surface area is 134 Å². The molecule has 114 valence electrons. The van der Waals surface area contributed by atoms with Crippen LogP contribution in [0.4, 0.5) is 11.4 Å². The number of nitrogens with one attached hydrogen (secondary N) is 2. The molecule has 0 radical (unpaired) electrons. The maximum absolute atomic E-state index is 12.2. The van der Waals surface area contributed by atoms with E-state index >= 15 is 0 Å². The molecule has 0 fully saturated rings.